The lowest BCUT2D eigenvalue weighted by molar-refractivity contribution is -0.384. The Labute approximate surface area is 93.7 Å². The predicted octanol–water partition coefficient (Wildman–Crippen LogP) is 3.88. The second-order valence-electron chi connectivity index (χ2n) is 2.78. The van der Waals surface area contributed by atoms with Gasteiger partial charge in [0.1, 0.15) is 5.76 Å². The van der Waals surface area contributed by atoms with Crippen LogP contribution in [0, 0.1) is 10.1 Å². The monoisotopic (exact) mass is 219 g/mol. The van der Waals surface area contributed by atoms with Crippen LogP contribution in [0.1, 0.15) is 13.8 Å². The molecule has 1 aromatic heterocycles. The number of hydrogen-bond donors (Lipinski definition) is 0. The summed E-state index contributed by atoms with van der Waals surface area (Å²) in [7, 11) is 0. The molecule has 0 radical (unpaired) electrons. The number of non-ortho nitro benzene ring substituents is 1. The van der Waals surface area contributed by atoms with E-state index >= 15 is 0 Å². The van der Waals surface area contributed by atoms with E-state index in [1.54, 1.807) is 30.5 Å². The fourth-order valence-corrected chi connectivity index (χ4v) is 1.19. The molecule has 0 amide bonds. The van der Waals surface area contributed by atoms with Crippen LogP contribution < -0.4 is 0 Å². The lowest BCUT2D eigenvalue weighted by Crippen LogP contribution is -1.86. The maximum atomic E-state index is 10.4. The van der Waals surface area contributed by atoms with Gasteiger partial charge in [0.2, 0.25) is 0 Å². The van der Waals surface area contributed by atoms with Crippen molar-refractivity contribution in [2.24, 2.45) is 0 Å². The summed E-state index contributed by atoms with van der Waals surface area (Å²) in [4.78, 5) is 9.96. The average molecular weight is 219 g/mol. The first-order valence-electron chi connectivity index (χ1n) is 5.06. The Balaban J connectivity index is 0.000000606. The summed E-state index contributed by atoms with van der Waals surface area (Å²) in [6.07, 6.45) is 1.57. The third kappa shape index (κ3) is 2.70. The molecule has 0 atom stereocenters. The first-order chi connectivity index (χ1) is 7.77. The molecular weight excluding hydrogens is 206 g/mol. The quantitative estimate of drug-likeness (QED) is 0.568. The summed E-state index contributed by atoms with van der Waals surface area (Å²) < 4.78 is 5.15. The number of benzene rings is 1. The van der Waals surface area contributed by atoms with E-state index in [9.17, 15) is 10.1 Å². The van der Waals surface area contributed by atoms with E-state index in [1.807, 2.05) is 13.8 Å². The molecule has 1 heterocycles. The number of rotatable bonds is 2. The van der Waals surface area contributed by atoms with Gasteiger partial charge < -0.3 is 4.42 Å². The summed E-state index contributed by atoms with van der Waals surface area (Å²) in [6.45, 7) is 4.00. The number of nitro groups is 1. The highest BCUT2D eigenvalue weighted by atomic mass is 16.6. The van der Waals surface area contributed by atoms with Crippen molar-refractivity contribution in [3.8, 4) is 11.3 Å². The fraction of sp³-hybridized carbons (Fsp3) is 0.167. The van der Waals surface area contributed by atoms with Gasteiger partial charge in [0.25, 0.3) is 5.69 Å². The van der Waals surface area contributed by atoms with E-state index < -0.39 is 4.92 Å². The van der Waals surface area contributed by atoms with Crippen molar-refractivity contribution < 1.29 is 9.34 Å². The van der Waals surface area contributed by atoms with E-state index in [2.05, 4.69) is 0 Å². The summed E-state index contributed by atoms with van der Waals surface area (Å²) in [5.41, 5.74) is 0.918. The Morgan fingerprint density at radius 3 is 2.19 bits per heavy atom. The number of furan rings is 1. The van der Waals surface area contributed by atoms with Crippen molar-refractivity contribution in [3.63, 3.8) is 0 Å². The molecule has 1 aromatic carbocycles. The van der Waals surface area contributed by atoms with Crippen LogP contribution in [0.3, 0.4) is 0 Å². The average Bonchev–Trinajstić information content (AvgIpc) is 2.85. The molecule has 2 rings (SSSR count). The van der Waals surface area contributed by atoms with Crippen LogP contribution in [0.4, 0.5) is 5.69 Å². The summed E-state index contributed by atoms with van der Waals surface area (Å²) in [5.74, 6) is 0.708. The van der Waals surface area contributed by atoms with E-state index in [0.29, 0.717) is 5.76 Å². The SMILES string of the molecule is CC.O=[N+]([O-])c1ccc(-c2ccco2)cc1. The van der Waals surface area contributed by atoms with Gasteiger partial charge in [0, 0.05) is 17.7 Å². The second kappa shape index (κ2) is 5.70. The van der Waals surface area contributed by atoms with Crippen molar-refractivity contribution in [2.75, 3.05) is 0 Å². The Kier molecular flexibility index (Phi) is 4.27. The molecule has 0 aliphatic carbocycles. The normalized spacial score (nSPS) is 9.12. The van der Waals surface area contributed by atoms with Gasteiger partial charge in [-0.15, -0.1) is 0 Å². The van der Waals surface area contributed by atoms with Crippen molar-refractivity contribution in [1.82, 2.24) is 0 Å². The smallest absolute Gasteiger partial charge is 0.269 e. The summed E-state index contributed by atoms with van der Waals surface area (Å²) >= 11 is 0. The maximum absolute atomic E-state index is 10.4. The Bertz CT molecular complexity index is 432. The zero-order valence-corrected chi connectivity index (χ0v) is 9.21. The molecule has 0 spiro atoms. The fourth-order valence-electron chi connectivity index (χ4n) is 1.19. The predicted molar refractivity (Wildman–Crippen MR) is 62.1 cm³/mol. The highest BCUT2D eigenvalue weighted by molar-refractivity contribution is 5.58. The molecule has 0 unspecified atom stereocenters. The molecule has 16 heavy (non-hydrogen) atoms. The Hall–Kier alpha value is -2.10. The summed E-state index contributed by atoms with van der Waals surface area (Å²) in [5, 5.41) is 10.4. The van der Waals surface area contributed by atoms with Crippen molar-refractivity contribution in [1.29, 1.82) is 0 Å². The van der Waals surface area contributed by atoms with Crippen molar-refractivity contribution >= 4 is 5.69 Å². The molecule has 0 fully saturated rings. The number of nitro benzene ring substituents is 1. The lowest BCUT2D eigenvalue weighted by Gasteiger charge is -1.95. The zero-order chi connectivity index (χ0) is 12.0. The first kappa shape index (κ1) is 12.0. The second-order valence-corrected chi connectivity index (χ2v) is 2.78. The van der Waals surface area contributed by atoms with Crippen molar-refractivity contribution in [2.45, 2.75) is 13.8 Å². The highest BCUT2D eigenvalue weighted by Gasteiger charge is 2.05. The van der Waals surface area contributed by atoms with Gasteiger partial charge >= 0.3 is 0 Å². The van der Waals surface area contributed by atoms with Crippen LogP contribution >= 0.6 is 0 Å². The molecular formula is C12H13NO3. The highest BCUT2D eigenvalue weighted by Crippen LogP contribution is 2.22. The van der Waals surface area contributed by atoms with Crippen LogP contribution in [-0.4, -0.2) is 4.92 Å². The minimum Gasteiger partial charge on any atom is -0.464 e. The van der Waals surface area contributed by atoms with Gasteiger partial charge in [0.15, 0.2) is 0 Å². The molecule has 0 aliphatic heterocycles. The van der Waals surface area contributed by atoms with E-state index in [1.165, 1.54) is 12.1 Å². The van der Waals surface area contributed by atoms with Gasteiger partial charge in [-0.2, -0.15) is 0 Å². The van der Waals surface area contributed by atoms with Crippen LogP contribution in [0.2, 0.25) is 0 Å². The molecule has 0 N–H and O–H groups in total. The maximum Gasteiger partial charge on any atom is 0.269 e. The van der Waals surface area contributed by atoms with Crippen LogP contribution in [0.5, 0.6) is 0 Å². The topological polar surface area (TPSA) is 56.3 Å². The molecule has 4 heteroatoms. The van der Waals surface area contributed by atoms with E-state index in [-0.39, 0.29) is 5.69 Å². The summed E-state index contributed by atoms with van der Waals surface area (Å²) in [6, 6.07) is 9.82. The van der Waals surface area contributed by atoms with E-state index in [0.717, 1.165) is 5.56 Å². The molecule has 84 valence electrons. The Morgan fingerprint density at radius 2 is 1.75 bits per heavy atom. The van der Waals surface area contributed by atoms with Crippen LogP contribution in [0.25, 0.3) is 11.3 Å². The minimum absolute atomic E-state index is 0.0836. The van der Waals surface area contributed by atoms with Crippen LogP contribution in [-0.2, 0) is 0 Å². The van der Waals surface area contributed by atoms with Crippen molar-refractivity contribution in [3.05, 3.63) is 52.8 Å². The molecule has 4 nitrogen and oxygen atoms in total. The van der Waals surface area contributed by atoms with Gasteiger partial charge in [-0.05, 0) is 24.3 Å². The minimum atomic E-state index is -0.425. The van der Waals surface area contributed by atoms with Gasteiger partial charge in [0.05, 0.1) is 11.2 Å². The van der Waals surface area contributed by atoms with Gasteiger partial charge in [-0.1, -0.05) is 13.8 Å². The number of hydrogen-bond acceptors (Lipinski definition) is 3. The first-order valence-corrected chi connectivity index (χ1v) is 5.06. The van der Waals surface area contributed by atoms with Gasteiger partial charge in [-0.25, -0.2) is 0 Å². The van der Waals surface area contributed by atoms with Crippen LogP contribution in [0.15, 0.2) is 47.1 Å². The zero-order valence-electron chi connectivity index (χ0n) is 9.21. The molecule has 0 saturated carbocycles. The standard InChI is InChI=1S/C10H7NO3.C2H6/c12-11(13)9-5-3-8(4-6-9)10-2-1-7-14-10;1-2/h1-7H;1-2H3. The van der Waals surface area contributed by atoms with Gasteiger partial charge in [-0.3, -0.25) is 10.1 Å². The third-order valence-corrected chi connectivity index (χ3v) is 1.88. The molecule has 2 aromatic rings. The van der Waals surface area contributed by atoms with E-state index in [4.69, 9.17) is 4.42 Å². The molecule has 0 bridgehead atoms. The largest absolute Gasteiger partial charge is 0.464 e. The Morgan fingerprint density at radius 1 is 1.12 bits per heavy atom. The number of nitrogens with zero attached hydrogens (tertiary/aromatic N) is 1. The molecule has 0 saturated heterocycles. The third-order valence-electron chi connectivity index (χ3n) is 1.88. The lowest BCUT2D eigenvalue weighted by atomic mass is 10.1. The molecule has 0 aliphatic rings.